The fraction of sp³-hybridized carbons (Fsp3) is 0.438. The SMILES string of the molecule is C=C(c1ccc2c(c1)CCc1cc(C(N)=O)ccc1C2(C[C@H](C)NCC(=O)N1CCC[C@H]1C#N)c1nnn(C)n1)N(C)C. The largest absolute Gasteiger partial charge is 0.378 e. The Hall–Kier alpha value is -4.56. The van der Waals surface area contributed by atoms with E-state index in [1.807, 2.05) is 38.1 Å². The molecule has 224 valence electrons. The molecule has 3 N–H and O–H groups in total. The summed E-state index contributed by atoms with van der Waals surface area (Å²) in [7, 11) is 5.68. The van der Waals surface area contributed by atoms with Gasteiger partial charge < -0.3 is 20.9 Å². The van der Waals surface area contributed by atoms with Gasteiger partial charge in [0.1, 0.15) is 6.04 Å². The monoisotopic (exact) mass is 581 g/mol. The summed E-state index contributed by atoms with van der Waals surface area (Å²) in [5, 5.41) is 26.5. The number of hydrogen-bond donors (Lipinski definition) is 2. The minimum atomic E-state index is -0.845. The summed E-state index contributed by atoms with van der Waals surface area (Å²) in [6.07, 6.45) is 3.48. The van der Waals surface area contributed by atoms with E-state index < -0.39 is 11.3 Å². The van der Waals surface area contributed by atoms with Gasteiger partial charge in [0, 0.05) is 37.9 Å². The number of nitrogens with two attached hydrogens (primary N) is 1. The predicted molar refractivity (Wildman–Crippen MR) is 163 cm³/mol. The van der Waals surface area contributed by atoms with E-state index in [1.165, 1.54) is 4.80 Å². The van der Waals surface area contributed by atoms with Crippen LogP contribution in [0.15, 0.2) is 43.0 Å². The van der Waals surface area contributed by atoms with Crippen LogP contribution in [0.3, 0.4) is 0 Å². The summed E-state index contributed by atoms with van der Waals surface area (Å²) in [5.41, 5.74) is 11.4. The number of likely N-dealkylation sites (tertiary alicyclic amines) is 1. The zero-order valence-corrected chi connectivity index (χ0v) is 25.3. The van der Waals surface area contributed by atoms with Crippen molar-refractivity contribution in [1.82, 2.24) is 35.3 Å². The maximum atomic E-state index is 13.1. The third kappa shape index (κ3) is 5.62. The minimum absolute atomic E-state index is 0.0813. The fourth-order valence-corrected chi connectivity index (χ4v) is 6.54. The Balaban J connectivity index is 1.62. The molecule has 1 aliphatic carbocycles. The molecule has 0 saturated carbocycles. The average Bonchev–Trinajstić information content (AvgIpc) is 3.63. The zero-order chi connectivity index (χ0) is 30.9. The van der Waals surface area contributed by atoms with Crippen LogP contribution >= 0.6 is 0 Å². The van der Waals surface area contributed by atoms with Crippen LogP contribution in [0.1, 0.15) is 70.2 Å². The zero-order valence-electron chi connectivity index (χ0n) is 25.3. The van der Waals surface area contributed by atoms with Gasteiger partial charge >= 0.3 is 0 Å². The molecule has 1 fully saturated rings. The summed E-state index contributed by atoms with van der Waals surface area (Å²) in [4.78, 5) is 30.4. The highest BCUT2D eigenvalue weighted by atomic mass is 16.2. The van der Waals surface area contributed by atoms with Crippen LogP contribution in [0.25, 0.3) is 5.70 Å². The number of primary amides is 1. The number of nitriles is 1. The molecule has 43 heavy (non-hydrogen) atoms. The van der Waals surface area contributed by atoms with Gasteiger partial charge in [0.2, 0.25) is 11.8 Å². The van der Waals surface area contributed by atoms with Gasteiger partial charge in [0.25, 0.3) is 0 Å². The van der Waals surface area contributed by atoms with Crippen LogP contribution in [0.4, 0.5) is 0 Å². The first-order chi connectivity index (χ1) is 20.5. The number of carbonyl (C=O) groups is 2. The molecule has 1 unspecified atom stereocenters. The highest BCUT2D eigenvalue weighted by molar-refractivity contribution is 5.93. The van der Waals surface area contributed by atoms with Crippen molar-refractivity contribution >= 4 is 17.5 Å². The minimum Gasteiger partial charge on any atom is -0.378 e. The second-order valence-electron chi connectivity index (χ2n) is 11.8. The topological polar surface area (TPSA) is 146 Å². The first kappa shape index (κ1) is 29.9. The maximum absolute atomic E-state index is 13.1. The van der Waals surface area contributed by atoms with E-state index in [-0.39, 0.29) is 24.5 Å². The van der Waals surface area contributed by atoms with E-state index in [9.17, 15) is 14.9 Å². The molecule has 1 aliphatic heterocycles. The van der Waals surface area contributed by atoms with Crippen molar-refractivity contribution < 1.29 is 9.59 Å². The lowest BCUT2D eigenvalue weighted by atomic mass is 9.67. The van der Waals surface area contributed by atoms with E-state index in [1.54, 1.807) is 18.0 Å². The van der Waals surface area contributed by atoms with Gasteiger partial charge in [0.15, 0.2) is 5.82 Å². The van der Waals surface area contributed by atoms with Crippen molar-refractivity contribution in [3.05, 3.63) is 82.2 Å². The van der Waals surface area contributed by atoms with Crippen molar-refractivity contribution in [2.24, 2.45) is 12.8 Å². The first-order valence-corrected chi connectivity index (χ1v) is 14.6. The summed E-state index contributed by atoms with van der Waals surface area (Å²) >= 11 is 0. The molecule has 11 heteroatoms. The van der Waals surface area contributed by atoms with E-state index in [2.05, 4.69) is 46.5 Å². The average molecular weight is 582 g/mol. The van der Waals surface area contributed by atoms with Gasteiger partial charge in [-0.05, 0) is 90.3 Å². The molecule has 1 aromatic heterocycles. The van der Waals surface area contributed by atoms with Crippen molar-refractivity contribution in [3.63, 3.8) is 0 Å². The molecule has 2 aliphatic rings. The number of carbonyl (C=O) groups excluding carboxylic acids is 2. The second-order valence-corrected chi connectivity index (χ2v) is 11.8. The number of nitrogens with zero attached hydrogens (tertiary/aromatic N) is 7. The summed E-state index contributed by atoms with van der Waals surface area (Å²) in [6.45, 7) is 7.03. The summed E-state index contributed by atoms with van der Waals surface area (Å²) in [5.74, 6) is -0.0276. The van der Waals surface area contributed by atoms with Crippen LogP contribution in [-0.2, 0) is 30.1 Å². The van der Waals surface area contributed by atoms with Gasteiger partial charge in [-0.3, -0.25) is 9.59 Å². The smallest absolute Gasteiger partial charge is 0.248 e. The molecular weight excluding hydrogens is 542 g/mol. The molecule has 0 radical (unpaired) electrons. The van der Waals surface area contributed by atoms with Gasteiger partial charge in [0.05, 0.1) is 25.1 Å². The lowest BCUT2D eigenvalue weighted by Crippen LogP contribution is -2.45. The van der Waals surface area contributed by atoms with Crippen LogP contribution in [0, 0.1) is 11.3 Å². The molecule has 11 nitrogen and oxygen atoms in total. The van der Waals surface area contributed by atoms with E-state index in [0.29, 0.717) is 37.2 Å². The van der Waals surface area contributed by atoms with E-state index in [4.69, 9.17) is 10.8 Å². The normalized spacial score (nSPS) is 20.0. The first-order valence-electron chi connectivity index (χ1n) is 14.6. The predicted octanol–water partition coefficient (Wildman–Crippen LogP) is 2.16. The second kappa shape index (κ2) is 12.0. The van der Waals surface area contributed by atoms with Crippen LogP contribution < -0.4 is 11.1 Å². The Bertz CT molecular complexity index is 1600. The summed E-state index contributed by atoms with van der Waals surface area (Å²) < 4.78 is 0. The molecule has 3 atom stereocenters. The standard InChI is InChI=1S/C32H39N9O2/c1-20(35-19-29(42)41-14-6-7-26(41)18-33)17-32(31-36-38-40(5)37-31)27-12-10-22(21(2)39(3)4)15-23(27)8-9-24-16-25(30(34)43)11-13-28(24)32/h10-13,15-16,20,26,35H,2,6-9,14,17,19H2,1,3-5H3,(H2,34,43)/t20-,26-,32?/m0/s1. The fourth-order valence-electron chi connectivity index (χ4n) is 6.54. The molecule has 3 aromatic rings. The van der Waals surface area contributed by atoms with Gasteiger partial charge in [-0.25, -0.2) is 0 Å². The number of hydrogen-bond acceptors (Lipinski definition) is 8. The van der Waals surface area contributed by atoms with Crippen LogP contribution in [0.5, 0.6) is 0 Å². The lowest BCUT2D eigenvalue weighted by molar-refractivity contribution is -0.130. The number of rotatable bonds is 9. The third-order valence-corrected chi connectivity index (χ3v) is 8.78. The Kier molecular flexibility index (Phi) is 8.33. The molecular formula is C32H39N9O2. The van der Waals surface area contributed by atoms with Crippen molar-refractivity contribution in [1.29, 1.82) is 5.26 Å². The van der Waals surface area contributed by atoms with Crippen molar-refractivity contribution in [2.45, 2.75) is 56.5 Å². The molecule has 1 saturated heterocycles. The number of benzene rings is 2. The van der Waals surface area contributed by atoms with Crippen molar-refractivity contribution in [3.8, 4) is 6.07 Å². The van der Waals surface area contributed by atoms with Gasteiger partial charge in [-0.15, -0.1) is 10.2 Å². The Morgan fingerprint density at radius 1 is 1.19 bits per heavy atom. The number of fused-ring (bicyclic) bond motifs is 2. The molecule has 5 rings (SSSR count). The molecule has 0 spiro atoms. The Labute approximate surface area is 252 Å². The van der Waals surface area contributed by atoms with Crippen LogP contribution in [-0.4, -0.2) is 81.1 Å². The Morgan fingerprint density at radius 3 is 2.42 bits per heavy atom. The molecule has 2 amide bonds. The highest BCUT2D eigenvalue weighted by Gasteiger charge is 2.46. The van der Waals surface area contributed by atoms with Gasteiger partial charge in [-0.2, -0.15) is 10.1 Å². The number of nitrogens with one attached hydrogen (secondary N) is 1. The van der Waals surface area contributed by atoms with Crippen molar-refractivity contribution in [2.75, 3.05) is 27.2 Å². The van der Waals surface area contributed by atoms with Crippen LogP contribution in [0.2, 0.25) is 0 Å². The van der Waals surface area contributed by atoms with E-state index in [0.717, 1.165) is 46.4 Å². The molecule has 0 bridgehead atoms. The maximum Gasteiger partial charge on any atom is 0.248 e. The number of aromatic nitrogens is 4. The molecule has 2 heterocycles. The van der Waals surface area contributed by atoms with Gasteiger partial charge in [-0.1, -0.05) is 24.8 Å². The number of tetrazole rings is 1. The quantitative estimate of drug-likeness (QED) is 0.391. The molecule has 2 aromatic carbocycles. The lowest BCUT2D eigenvalue weighted by Gasteiger charge is -2.36. The number of amides is 2. The Morgan fingerprint density at radius 2 is 1.84 bits per heavy atom. The summed E-state index contributed by atoms with van der Waals surface area (Å²) in [6, 6.07) is 13.7. The number of aryl methyl sites for hydroxylation is 3. The highest BCUT2D eigenvalue weighted by Crippen LogP contribution is 2.47. The van der Waals surface area contributed by atoms with E-state index >= 15 is 0 Å². The third-order valence-electron chi connectivity index (χ3n) is 8.78.